The second-order valence-electron chi connectivity index (χ2n) is 9.58. The van der Waals surface area contributed by atoms with Crippen LogP contribution in [0.1, 0.15) is 96.6 Å². The van der Waals surface area contributed by atoms with E-state index in [1.807, 2.05) is 13.0 Å². The maximum Gasteiger partial charge on any atom is 0.332 e. The molecule has 2 rings (SSSR count). The van der Waals surface area contributed by atoms with Crippen molar-refractivity contribution in [2.45, 2.75) is 97.9 Å². The highest BCUT2D eigenvalue weighted by Gasteiger charge is 2.36. The summed E-state index contributed by atoms with van der Waals surface area (Å²) in [5.74, 6) is 0.330. The summed E-state index contributed by atoms with van der Waals surface area (Å²) in [6, 6.07) is 3.47. The summed E-state index contributed by atoms with van der Waals surface area (Å²) in [5, 5.41) is 2.77. The fourth-order valence-electron chi connectivity index (χ4n) is 4.57. The average Bonchev–Trinajstić information content (AvgIpc) is 2.65. The Kier molecular flexibility index (Phi) is 8.81. The van der Waals surface area contributed by atoms with Crippen LogP contribution in [-0.2, 0) is 10.0 Å². The van der Waals surface area contributed by atoms with Crippen LogP contribution < -0.4 is 14.9 Å². The molecule has 0 spiro atoms. The molecule has 176 valence electrons. The number of anilines is 2. The predicted octanol–water partition coefficient (Wildman–Crippen LogP) is 5.92. The minimum atomic E-state index is -3.63. The van der Waals surface area contributed by atoms with E-state index in [9.17, 15) is 13.2 Å². The Morgan fingerprint density at radius 1 is 1.13 bits per heavy atom. The van der Waals surface area contributed by atoms with Crippen LogP contribution in [0.15, 0.2) is 12.1 Å². The fourth-order valence-corrected chi connectivity index (χ4v) is 5.59. The highest BCUT2D eigenvalue weighted by Crippen LogP contribution is 2.45. The van der Waals surface area contributed by atoms with Gasteiger partial charge in [-0.15, -0.1) is 0 Å². The minimum Gasteiger partial charge on any atom is -0.366 e. The van der Waals surface area contributed by atoms with Crippen LogP contribution in [0.4, 0.5) is 16.2 Å². The average molecular weight is 452 g/mol. The molecule has 1 unspecified atom stereocenters. The summed E-state index contributed by atoms with van der Waals surface area (Å²) < 4.78 is 26.6. The lowest BCUT2D eigenvalue weighted by molar-refractivity contribution is 0.256. The molecular weight excluding hydrogens is 410 g/mol. The lowest BCUT2D eigenvalue weighted by Crippen LogP contribution is -2.48. The van der Waals surface area contributed by atoms with Crippen LogP contribution in [0.2, 0.25) is 0 Å². The zero-order valence-corrected chi connectivity index (χ0v) is 21.0. The van der Waals surface area contributed by atoms with Gasteiger partial charge in [0.15, 0.2) is 0 Å². The molecule has 31 heavy (non-hydrogen) atoms. The number of carbonyl (C=O) groups excluding carboxylic acids is 1. The van der Waals surface area contributed by atoms with Gasteiger partial charge in [0.05, 0.1) is 5.75 Å². The Balaban J connectivity index is 2.17. The molecule has 2 N–H and O–H groups in total. The largest absolute Gasteiger partial charge is 0.366 e. The molecule has 0 saturated carbocycles. The zero-order chi connectivity index (χ0) is 23.2. The van der Waals surface area contributed by atoms with E-state index < -0.39 is 16.1 Å². The van der Waals surface area contributed by atoms with E-state index in [1.54, 1.807) is 0 Å². The summed E-state index contributed by atoms with van der Waals surface area (Å²) in [6.45, 7) is 14.1. The number of fused-ring (bicyclic) bond motifs is 1. The number of nitrogens with one attached hydrogen (secondary N) is 2. The Morgan fingerprint density at radius 3 is 2.45 bits per heavy atom. The van der Waals surface area contributed by atoms with Gasteiger partial charge >= 0.3 is 6.03 Å². The van der Waals surface area contributed by atoms with Crippen LogP contribution in [0, 0.1) is 6.92 Å². The number of benzene rings is 1. The number of rotatable bonds is 10. The highest BCUT2D eigenvalue weighted by atomic mass is 32.2. The first-order valence-corrected chi connectivity index (χ1v) is 13.4. The van der Waals surface area contributed by atoms with Crippen LogP contribution in [0.25, 0.3) is 0 Å². The van der Waals surface area contributed by atoms with Gasteiger partial charge in [0.25, 0.3) is 0 Å². The molecule has 0 fully saturated rings. The van der Waals surface area contributed by atoms with E-state index in [0.717, 1.165) is 50.6 Å². The predicted molar refractivity (Wildman–Crippen MR) is 131 cm³/mol. The summed E-state index contributed by atoms with van der Waals surface area (Å²) >= 11 is 0. The number of nitrogens with zero attached hydrogens (tertiary/aromatic N) is 1. The molecule has 0 radical (unpaired) electrons. The van der Waals surface area contributed by atoms with Crippen molar-refractivity contribution in [3.8, 4) is 0 Å². The molecule has 0 saturated heterocycles. The van der Waals surface area contributed by atoms with Gasteiger partial charge in [0.1, 0.15) is 0 Å². The Labute approximate surface area is 189 Å². The highest BCUT2D eigenvalue weighted by molar-refractivity contribution is 7.90. The summed E-state index contributed by atoms with van der Waals surface area (Å²) in [7, 11) is -3.63. The number of urea groups is 1. The van der Waals surface area contributed by atoms with Gasteiger partial charge in [-0.1, -0.05) is 46.5 Å². The number of hydrogen-bond acceptors (Lipinski definition) is 4. The SMILES string of the molecule is CCCCCCS(=O)(=O)NC(=O)Nc1cc2c(cc1C)N(CCCC)C(C)(C)CC2C. The smallest absolute Gasteiger partial charge is 0.332 e. The number of aryl methyl sites for hydroxylation is 1. The Morgan fingerprint density at radius 2 is 1.81 bits per heavy atom. The molecule has 1 aromatic carbocycles. The van der Waals surface area contributed by atoms with Crippen LogP contribution in [0.5, 0.6) is 0 Å². The Bertz CT molecular complexity index is 865. The third-order valence-corrected chi connectivity index (χ3v) is 7.55. The molecular formula is C24H41N3O3S. The van der Waals surface area contributed by atoms with Gasteiger partial charge in [0.2, 0.25) is 10.0 Å². The number of sulfonamides is 1. The lowest BCUT2D eigenvalue weighted by atomic mass is 9.79. The number of carbonyl (C=O) groups is 1. The van der Waals surface area contributed by atoms with Gasteiger partial charge in [-0.3, -0.25) is 0 Å². The van der Waals surface area contributed by atoms with Crippen molar-refractivity contribution in [3.05, 3.63) is 23.3 Å². The minimum absolute atomic E-state index is 0.0257. The van der Waals surface area contributed by atoms with E-state index in [0.29, 0.717) is 18.0 Å². The van der Waals surface area contributed by atoms with Crippen LogP contribution >= 0.6 is 0 Å². The maximum absolute atomic E-state index is 12.4. The van der Waals surface area contributed by atoms with Gasteiger partial charge in [-0.05, 0) is 69.2 Å². The van der Waals surface area contributed by atoms with Crippen molar-refractivity contribution in [2.75, 3.05) is 22.5 Å². The van der Waals surface area contributed by atoms with E-state index >= 15 is 0 Å². The molecule has 6 nitrogen and oxygen atoms in total. The van der Waals surface area contributed by atoms with Crippen molar-refractivity contribution >= 4 is 27.4 Å². The van der Waals surface area contributed by atoms with Crippen molar-refractivity contribution < 1.29 is 13.2 Å². The zero-order valence-electron chi connectivity index (χ0n) is 20.2. The van der Waals surface area contributed by atoms with Crippen molar-refractivity contribution in [3.63, 3.8) is 0 Å². The molecule has 0 aromatic heterocycles. The third-order valence-electron chi connectivity index (χ3n) is 6.23. The number of unbranched alkanes of at least 4 members (excludes halogenated alkanes) is 4. The fraction of sp³-hybridized carbons (Fsp3) is 0.708. The van der Waals surface area contributed by atoms with E-state index in [4.69, 9.17) is 0 Å². The standard InChI is InChI=1S/C24H41N3O3S/c1-7-9-11-12-14-31(29,30)26-23(28)25-21-16-20-19(4)17-24(5,6)27(13-10-8-2)22(20)15-18(21)3/h15-16,19H,7-14,17H2,1-6H3,(H2,25,26,28). The van der Waals surface area contributed by atoms with E-state index in [2.05, 4.69) is 55.6 Å². The number of hydrogen-bond donors (Lipinski definition) is 2. The molecule has 1 aromatic rings. The first-order valence-electron chi connectivity index (χ1n) is 11.7. The van der Waals surface area contributed by atoms with Crippen molar-refractivity contribution in [1.29, 1.82) is 0 Å². The topological polar surface area (TPSA) is 78.5 Å². The summed E-state index contributed by atoms with van der Waals surface area (Å²) in [5.41, 5.74) is 4.11. The quantitative estimate of drug-likeness (QED) is 0.433. The molecule has 1 aliphatic heterocycles. The van der Waals surface area contributed by atoms with Crippen molar-refractivity contribution in [2.24, 2.45) is 0 Å². The van der Waals surface area contributed by atoms with E-state index in [1.165, 1.54) is 11.3 Å². The molecule has 0 aliphatic carbocycles. The van der Waals surface area contributed by atoms with Crippen LogP contribution in [-0.4, -0.2) is 32.3 Å². The molecule has 1 aliphatic rings. The monoisotopic (exact) mass is 451 g/mol. The normalized spacial score (nSPS) is 17.9. The first-order chi connectivity index (χ1) is 14.5. The maximum atomic E-state index is 12.4. The van der Waals surface area contributed by atoms with Gasteiger partial charge in [-0.25, -0.2) is 17.9 Å². The van der Waals surface area contributed by atoms with Crippen molar-refractivity contribution in [1.82, 2.24) is 4.72 Å². The summed E-state index contributed by atoms with van der Waals surface area (Å²) in [4.78, 5) is 14.9. The second-order valence-corrected chi connectivity index (χ2v) is 11.4. The molecule has 0 bridgehead atoms. The lowest BCUT2D eigenvalue weighted by Gasteiger charge is -2.48. The van der Waals surface area contributed by atoms with Crippen LogP contribution in [0.3, 0.4) is 0 Å². The van der Waals surface area contributed by atoms with Gasteiger partial charge in [-0.2, -0.15) is 0 Å². The number of amides is 2. The second kappa shape index (κ2) is 10.7. The van der Waals surface area contributed by atoms with Gasteiger partial charge in [0, 0.05) is 23.5 Å². The van der Waals surface area contributed by atoms with E-state index in [-0.39, 0.29) is 11.3 Å². The Hall–Kier alpha value is -1.76. The summed E-state index contributed by atoms with van der Waals surface area (Å²) in [6.07, 6.45) is 6.76. The van der Waals surface area contributed by atoms with Gasteiger partial charge < -0.3 is 10.2 Å². The molecule has 1 atom stereocenters. The molecule has 2 amide bonds. The first kappa shape index (κ1) is 25.5. The third kappa shape index (κ3) is 6.86. The molecule has 1 heterocycles. The molecule has 7 heteroatoms.